The number of carbonyl (C=O) groups is 2. The van der Waals surface area contributed by atoms with E-state index in [0.29, 0.717) is 31.7 Å². The van der Waals surface area contributed by atoms with E-state index >= 15 is 0 Å². The maximum Gasteiger partial charge on any atom is 0.320 e. The van der Waals surface area contributed by atoms with Crippen molar-refractivity contribution in [2.45, 2.75) is 36.6 Å². The average molecular weight is 366 g/mol. The maximum atomic E-state index is 12.5. The fourth-order valence-electron chi connectivity index (χ4n) is 3.86. The summed E-state index contributed by atoms with van der Waals surface area (Å²) in [6.45, 7) is 0.637. The van der Waals surface area contributed by atoms with E-state index in [1.165, 1.54) is 12.1 Å². The number of sulfonamides is 1. The molecule has 0 aromatic heterocycles. The van der Waals surface area contributed by atoms with Crippen molar-refractivity contribution in [1.29, 1.82) is 0 Å². The van der Waals surface area contributed by atoms with Gasteiger partial charge in [0, 0.05) is 5.92 Å². The molecule has 1 amide bonds. The average Bonchev–Trinajstić information content (AvgIpc) is 2.61. The van der Waals surface area contributed by atoms with Crippen LogP contribution in [0, 0.1) is 17.8 Å². The van der Waals surface area contributed by atoms with Crippen LogP contribution in [0.4, 0.5) is 0 Å². The van der Waals surface area contributed by atoms with Crippen LogP contribution in [0.5, 0.6) is 0 Å². The van der Waals surface area contributed by atoms with E-state index in [9.17, 15) is 18.0 Å². The number of aliphatic carboxylic acids is 1. The Morgan fingerprint density at radius 3 is 2.48 bits per heavy atom. The maximum absolute atomic E-state index is 12.5. The normalized spacial score (nSPS) is 29.4. The molecule has 0 bridgehead atoms. The smallest absolute Gasteiger partial charge is 0.320 e. The number of carboxylic acids is 1. The molecule has 0 spiro atoms. The molecule has 1 aromatic rings. The number of piperidine rings is 1. The first kappa shape index (κ1) is 17.9. The molecule has 1 heterocycles. The third-order valence-corrected chi connectivity index (χ3v) is 6.62. The van der Waals surface area contributed by atoms with Crippen molar-refractivity contribution in [3.63, 3.8) is 0 Å². The van der Waals surface area contributed by atoms with Crippen LogP contribution in [0.2, 0.25) is 0 Å². The lowest BCUT2D eigenvalue weighted by atomic mass is 9.69. The van der Waals surface area contributed by atoms with Gasteiger partial charge in [0.2, 0.25) is 5.91 Å². The summed E-state index contributed by atoms with van der Waals surface area (Å²) in [6.07, 6.45) is 2.44. The van der Waals surface area contributed by atoms with Gasteiger partial charge in [-0.3, -0.25) is 9.59 Å². The fraction of sp³-hybridized carbons (Fsp3) is 0.529. The topological polar surface area (TPSA) is 113 Å². The van der Waals surface area contributed by atoms with Gasteiger partial charge in [0.05, 0.1) is 4.90 Å². The van der Waals surface area contributed by atoms with Gasteiger partial charge < -0.3 is 10.4 Å². The molecule has 2 fully saturated rings. The Morgan fingerprint density at radius 1 is 1.08 bits per heavy atom. The minimum atomic E-state index is -3.87. The second-order valence-corrected chi connectivity index (χ2v) is 8.53. The number of rotatable bonds is 4. The van der Waals surface area contributed by atoms with E-state index in [2.05, 4.69) is 10.0 Å². The van der Waals surface area contributed by atoms with Crippen LogP contribution in [0.1, 0.15) is 25.7 Å². The molecule has 1 aromatic carbocycles. The van der Waals surface area contributed by atoms with E-state index in [0.717, 1.165) is 6.42 Å². The standard InChI is InChI=1S/C17H22N2O5S/c20-16(19-25(23,24)14-4-2-1-3-5-14)11-6-7-12-10-18-15(17(21)22)9-13(12)8-11/h1-5,11-13,15,18H,6-10H2,(H,19,20)(H,21,22)/t11-,12-,13+,15-/m0/s1. The Morgan fingerprint density at radius 2 is 1.80 bits per heavy atom. The summed E-state index contributed by atoms with van der Waals surface area (Å²) in [6, 6.07) is 7.21. The van der Waals surface area contributed by atoms with Gasteiger partial charge in [-0.05, 0) is 56.2 Å². The molecule has 136 valence electrons. The predicted molar refractivity (Wildman–Crippen MR) is 90.1 cm³/mol. The fourth-order valence-corrected chi connectivity index (χ4v) is 4.93. The first-order valence-electron chi connectivity index (χ1n) is 8.44. The molecule has 7 nitrogen and oxygen atoms in total. The zero-order chi connectivity index (χ0) is 18.0. The first-order chi connectivity index (χ1) is 11.9. The van der Waals surface area contributed by atoms with Gasteiger partial charge in [0.15, 0.2) is 0 Å². The minimum absolute atomic E-state index is 0.0600. The number of amides is 1. The molecule has 1 aliphatic heterocycles. The molecule has 1 saturated heterocycles. The minimum Gasteiger partial charge on any atom is -0.480 e. The third-order valence-electron chi connectivity index (χ3n) is 5.26. The number of hydrogen-bond donors (Lipinski definition) is 3. The molecule has 1 aliphatic carbocycles. The summed E-state index contributed by atoms with van der Waals surface area (Å²) in [4.78, 5) is 23.7. The summed E-state index contributed by atoms with van der Waals surface area (Å²) < 4.78 is 26.8. The zero-order valence-corrected chi connectivity index (χ0v) is 14.5. The molecule has 1 saturated carbocycles. The Labute approximate surface area is 146 Å². The highest BCUT2D eigenvalue weighted by Gasteiger charge is 2.40. The Kier molecular flexibility index (Phi) is 5.10. The van der Waals surface area contributed by atoms with Crippen LogP contribution in [0.15, 0.2) is 35.2 Å². The van der Waals surface area contributed by atoms with Crippen LogP contribution in [-0.4, -0.2) is 38.0 Å². The van der Waals surface area contributed by atoms with Crippen LogP contribution in [0.3, 0.4) is 0 Å². The Hall–Kier alpha value is -1.93. The Bertz CT molecular complexity index is 750. The molecular formula is C17H22N2O5S. The molecule has 0 unspecified atom stereocenters. The molecule has 3 rings (SSSR count). The second-order valence-electron chi connectivity index (χ2n) is 6.85. The molecule has 3 N–H and O–H groups in total. The van der Waals surface area contributed by atoms with E-state index < -0.39 is 33.9 Å². The van der Waals surface area contributed by atoms with Crippen LogP contribution in [0.25, 0.3) is 0 Å². The van der Waals surface area contributed by atoms with Crippen molar-refractivity contribution >= 4 is 21.9 Å². The largest absolute Gasteiger partial charge is 0.480 e. The highest BCUT2D eigenvalue weighted by molar-refractivity contribution is 7.90. The lowest BCUT2D eigenvalue weighted by Crippen LogP contribution is -2.50. The summed E-state index contributed by atoms with van der Waals surface area (Å²) in [5.41, 5.74) is 0. The molecule has 0 radical (unpaired) electrons. The monoisotopic (exact) mass is 366 g/mol. The number of nitrogens with one attached hydrogen (secondary N) is 2. The molecular weight excluding hydrogens is 344 g/mol. The number of benzene rings is 1. The quantitative estimate of drug-likeness (QED) is 0.732. The van der Waals surface area contributed by atoms with Crippen molar-refractivity contribution in [2.24, 2.45) is 17.8 Å². The van der Waals surface area contributed by atoms with Crippen molar-refractivity contribution in [3.05, 3.63) is 30.3 Å². The molecule has 25 heavy (non-hydrogen) atoms. The van der Waals surface area contributed by atoms with Gasteiger partial charge in [0.1, 0.15) is 6.04 Å². The summed E-state index contributed by atoms with van der Waals surface area (Å²) in [5, 5.41) is 12.2. The van der Waals surface area contributed by atoms with Crippen LogP contribution >= 0.6 is 0 Å². The van der Waals surface area contributed by atoms with Crippen molar-refractivity contribution < 1.29 is 23.1 Å². The number of carbonyl (C=O) groups excluding carboxylic acids is 1. The van der Waals surface area contributed by atoms with Gasteiger partial charge in [-0.1, -0.05) is 18.2 Å². The van der Waals surface area contributed by atoms with Gasteiger partial charge in [-0.15, -0.1) is 0 Å². The van der Waals surface area contributed by atoms with Gasteiger partial charge in [0.25, 0.3) is 10.0 Å². The summed E-state index contributed by atoms with van der Waals surface area (Å²) in [5.74, 6) is -1.28. The van der Waals surface area contributed by atoms with Crippen LogP contribution < -0.4 is 10.0 Å². The van der Waals surface area contributed by atoms with E-state index in [1.54, 1.807) is 18.2 Å². The summed E-state index contributed by atoms with van der Waals surface area (Å²) >= 11 is 0. The highest BCUT2D eigenvalue weighted by atomic mass is 32.2. The van der Waals surface area contributed by atoms with Crippen molar-refractivity contribution in [2.75, 3.05) is 6.54 Å². The van der Waals surface area contributed by atoms with Crippen molar-refractivity contribution in [3.8, 4) is 0 Å². The SMILES string of the molecule is O=C(NS(=O)(=O)c1ccccc1)[C@H]1CC[C@H]2CN[C@H](C(=O)O)C[C@H]2C1. The van der Waals surface area contributed by atoms with Gasteiger partial charge in [-0.25, -0.2) is 13.1 Å². The number of hydrogen-bond acceptors (Lipinski definition) is 5. The molecule has 8 heteroatoms. The van der Waals surface area contributed by atoms with E-state index in [1.807, 2.05) is 0 Å². The lowest BCUT2D eigenvalue weighted by molar-refractivity contribution is -0.141. The van der Waals surface area contributed by atoms with Crippen LogP contribution in [-0.2, 0) is 19.6 Å². The van der Waals surface area contributed by atoms with Crippen molar-refractivity contribution in [1.82, 2.24) is 10.0 Å². The van der Waals surface area contributed by atoms with Gasteiger partial charge in [-0.2, -0.15) is 0 Å². The van der Waals surface area contributed by atoms with Gasteiger partial charge >= 0.3 is 5.97 Å². The summed E-state index contributed by atoms with van der Waals surface area (Å²) in [7, 11) is -3.87. The predicted octanol–water partition coefficient (Wildman–Crippen LogP) is 0.970. The number of carboxylic acid groups (broad SMARTS) is 1. The third kappa shape index (κ3) is 4.01. The van der Waals surface area contributed by atoms with E-state index in [-0.39, 0.29) is 10.8 Å². The molecule has 4 atom stereocenters. The Balaban J connectivity index is 1.64. The zero-order valence-electron chi connectivity index (χ0n) is 13.7. The highest BCUT2D eigenvalue weighted by Crippen LogP contribution is 2.38. The van der Waals surface area contributed by atoms with E-state index in [4.69, 9.17) is 5.11 Å². The first-order valence-corrected chi connectivity index (χ1v) is 9.93. The number of fused-ring (bicyclic) bond motifs is 1. The second kappa shape index (κ2) is 7.13. The molecule has 2 aliphatic rings. The lowest BCUT2D eigenvalue weighted by Gasteiger charge is -2.41.